The standard InChI is InChI=1S/C54H32N2O/c1-2-13-39-37(11-1)38-12-3-4-14-40(38)48-31-34(23-27-41(39)48)33-21-24-35(25-22-33)55-49-18-8-5-15-42(49)46-29-30-47-43-16-6-9-19-50(43)56(54(47)53(46)55)36-26-28-45-44-17-7-10-20-51(44)57-52(45)32-36/h1-32H. The van der Waals surface area contributed by atoms with E-state index < -0.39 is 0 Å². The van der Waals surface area contributed by atoms with Gasteiger partial charge in [0.15, 0.2) is 0 Å². The molecule has 0 unspecified atom stereocenters. The van der Waals surface area contributed by atoms with Crippen molar-refractivity contribution in [3.05, 3.63) is 194 Å². The highest BCUT2D eigenvalue weighted by Gasteiger charge is 2.22. The van der Waals surface area contributed by atoms with Crippen LogP contribution in [0.25, 0.3) is 120 Å². The molecule has 0 aliphatic rings. The second-order valence-corrected chi connectivity index (χ2v) is 15.2. The zero-order valence-electron chi connectivity index (χ0n) is 30.8. The Balaban J connectivity index is 1.05. The van der Waals surface area contributed by atoms with Gasteiger partial charge < -0.3 is 13.6 Å². The summed E-state index contributed by atoms with van der Waals surface area (Å²) in [5.74, 6) is 0. The summed E-state index contributed by atoms with van der Waals surface area (Å²) in [6.45, 7) is 0. The van der Waals surface area contributed by atoms with Gasteiger partial charge in [0, 0.05) is 44.1 Å². The van der Waals surface area contributed by atoms with Gasteiger partial charge in [-0.1, -0.05) is 140 Å². The second kappa shape index (κ2) is 11.5. The van der Waals surface area contributed by atoms with Crippen molar-refractivity contribution in [2.24, 2.45) is 0 Å². The van der Waals surface area contributed by atoms with Gasteiger partial charge in [0.25, 0.3) is 0 Å². The van der Waals surface area contributed by atoms with E-state index in [2.05, 4.69) is 191 Å². The van der Waals surface area contributed by atoms with Crippen LogP contribution in [0, 0.1) is 0 Å². The predicted octanol–water partition coefficient (Wildman–Crippen LogP) is 14.9. The Morgan fingerprint density at radius 1 is 0.263 bits per heavy atom. The van der Waals surface area contributed by atoms with Crippen LogP contribution in [0.5, 0.6) is 0 Å². The first kappa shape index (κ1) is 30.7. The molecule has 264 valence electrons. The molecule has 3 heterocycles. The number of hydrogen-bond acceptors (Lipinski definition) is 1. The molecule has 13 aromatic rings. The summed E-state index contributed by atoms with van der Waals surface area (Å²) in [6, 6.07) is 70.8. The summed E-state index contributed by atoms with van der Waals surface area (Å²) in [5.41, 5.74) is 11.1. The maximum Gasteiger partial charge on any atom is 0.137 e. The summed E-state index contributed by atoms with van der Waals surface area (Å²) >= 11 is 0. The van der Waals surface area contributed by atoms with Gasteiger partial charge in [0.05, 0.1) is 27.8 Å². The monoisotopic (exact) mass is 724 g/mol. The van der Waals surface area contributed by atoms with Crippen LogP contribution in [-0.2, 0) is 0 Å². The Morgan fingerprint density at radius 2 is 0.684 bits per heavy atom. The van der Waals surface area contributed by atoms with E-state index in [0.717, 1.165) is 33.3 Å². The molecule has 0 amide bonds. The fraction of sp³-hybridized carbons (Fsp3) is 0. The van der Waals surface area contributed by atoms with E-state index in [9.17, 15) is 0 Å². The third kappa shape index (κ3) is 4.26. The average Bonchev–Trinajstić information content (AvgIpc) is 3.94. The van der Waals surface area contributed by atoms with Crippen molar-refractivity contribution in [2.75, 3.05) is 0 Å². The van der Waals surface area contributed by atoms with Crippen molar-refractivity contribution >= 4 is 97.9 Å². The molecule has 0 bridgehead atoms. The Bertz CT molecular complexity index is 3770. The lowest BCUT2D eigenvalue weighted by atomic mass is 9.92. The molecule has 0 saturated heterocycles. The van der Waals surface area contributed by atoms with Crippen LogP contribution in [0.1, 0.15) is 0 Å². The molecule has 0 spiro atoms. The number of nitrogens with zero attached hydrogens (tertiary/aromatic N) is 2. The molecule has 0 atom stereocenters. The molecule has 0 N–H and O–H groups in total. The fourth-order valence-electron chi connectivity index (χ4n) is 9.78. The van der Waals surface area contributed by atoms with Crippen molar-refractivity contribution in [3.63, 3.8) is 0 Å². The normalized spacial score (nSPS) is 12.2. The first-order valence-electron chi connectivity index (χ1n) is 19.6. The molecule has 0 radical (unpaired) electrons. The van der Waals surface area contributed by atoms with Crippen LogP contribution in [-0.4, -0.2) is 9.13 Å². The zero-order valence-corrected chi connectivity index (χ0v) is 30.8. The molecule has 0 aliphatic heterocycles. The van der Waals surface area contributed by atoms with E-state index in [1.54, 1.807) is 0 Å². The Morgan fingerprint density at radius 3 is 1.32 bits per heavy atom. The summed E-state index contributed by atoms with van der Waals surface area (Å²) in [5, 5.41) is 14.9. The number of rotatable bonds is 3. The quantitative estimate of drug-likeness (QED) is 0.166. The lowest BCUT2D eigenvalue weighted by molar-refractivity contribution is 0.668. The van der Waals surface area contributed by atoms with Gasteiger partial charge >= 0.3 is 0 Å². The zero-order chi connectivity index (χ0) is 37.2. The van der Waals surface area contributed by atoms with E-state index in [0.29, 0.717) is 0 Å². The molecule has 10 aromatic carbocycles. The van der Waals surface area contributed by atoms with Crippen LogP contribution in [0.2, 0.25) is 0 Å². The van der Waals surface area contributed by atoms with Crippen molar-refractivity contribution in [1.29, 1.82) is 0 Å². The van der Waals surface area contributed by atoms with Gasteiger partial charge in [-0.05, 0) is 92.0 Å². The first-order valence-corrected chi connectivity index (χ1v) is 19.6. The number of benzene rings is 10. The molecule has 0 saturated carbocycles. The van der Waals surface area contributed by atoms with Gasteiger partial charge in [0.2, 0.25) is 0 Å². The molecular formula is C54H32N2O. The first-order chi connectivity index (χ1) is 28.3. The fourth-order valence-corrected chi connectivity index (χ4v) is 9.78. The van der Waals surface area contributed by atoms with Crippen LogP contribution < -0.4 is 0 Å². The Hall–Kier alpha value is -7.62. The molecular weight excluding hydrogens is 693 g/mol. The van der Waals surface area contributed by atoms with Gasteiger partial charge in [-0.15, -0.1) is 0 Å². The van der Waals surface area contributed by atoms with Crippen molar-refractivity contribution in [3.8, 4) is 22.5 Å². The summed E-state index contributed by atoms with van der Waals surface area (Å²) in [4.78, 5) is 0. The smallest absolute Gasteiger partial charge is 0.137 e. The summed E-state index contributed by atoms with van der Waals surface area (Å²) < 4.78 is 11.3. The van der Waals surface area contributed by atoms with E-state index in [-0.39, 0.29) is 0 Å². The van der Waals surface area contributed by atoms with E-state index in [1.807, 2.05) is 12.1 Å². The minimum atomic E-state index is 0.887. The topological polar surface area (TPSA) is 23.0 Å². The highest BCUT2D eigenvalue weighted by atomic mass is 16.3. The molecule has 57 heavy (non-hydrogen) atoms. The number of hydrogen-bond donors (Lipinski definition) is 0. The molecule has 13 rings (SSSR count). The molecule has 3 heteroatoms. The van der Waals surface area contributed by atoms with E-state index in [4.69, 9.17) is 4.42 Å². The summed E-state index contributed by atoms with van der Waals surface area (Å²) in [7, 11) is 0. The minimum Gasteiger partial charge on any atom is -0.456 e. The van der Waals surface area contributed by atoms with Gasteiger partial charge in [-0.25, -0.2) is 0 Å². The van der Waals surface area contributed by atoms with Gasteiger partial charge in [-0.2, -0.15) is 0 Å². The van der Waals surface area contributed by atoms with Crippen LogP contribution >= 0.6 is 0 Å². The number of para-hydroxylation sites is 3. The largest absolute Gasteiger partial charge is 0.456 e. The van der Waals surface area contributed by atoms with Crippen molar-refractivity contribution < 1.29 is 4.42 Å². The lowest BCUT2D eigenvalue weighted by Gasteiger charge is -2.14. The molecule has 0 fully saturated rings. The van der Waals surface area contributed by atoms with Gasteiger partial charge in [-0.3, -0.25) is 0 Å². The van der Waals surface area contributed by atoms with Crippen molar-refractivity contribution in [1.82, 2.24) is 9.13 Å². The SMILES string of the molecule is c1ccc2c(c1)oc1cc(-n3c4ccccc4c4ccc5c6ccccc6n(-c6ccc(-c7ccc8c9ccccc9c9ccccc9c8c7)cc6)c5c43)ccc12. The van der Waals surface area contributed by atoms with E-state index >= 15 is 0 Å². The maximum atomic E-state index is 6.44. The van der Waals surface area contributed by atoms with Crippen molar-refractivity contribution in [2.45, 2.75) is 0 Å². The minimum absolute atomic E-state index is 0.887. The van der Waals surface area contributed by atoms with Crippen LogP contribution in [0.3, 0.4) is 0 Å². The summed E-state index contributed by atoms with van der Waals surface area (Å²) in [6.07, 6.45) is 0. The Kier molecular flexibility index (Phi) is 6.16. The molecule has 0 aliphatic carbocycles. The Labute approximate surface area is 326 Å². The highest BCUT2D eigenvalue weighted by Crippen LogP contribution is 2.43. The average molecular weight is 725 g/mol. The third-order valence-corrected chi connectivity index (χ3v) is 12.3. The lowest BCUT2D eigenvalue weighted by Crippen LogP contribution is -1.98. The second-order valence-electron chi connectivity index (χ2n) is 15.2. The van der Waals surface area contributed by atoms with Crippen LogP contribution in [0.15, 0.2) is 199 Å². The molecule has 3 nitrogen and oxygen atoms in total. The number of fused-ring (bicyclic) bond motifs is 16. The molecule has 3 aromatic heterocycles. The van der Waals surface area contributed by atoms with E-state index in [1.165, 1.54) is 87.1 Å². The van der Waals surface area contributed by atoms with Crippen LogP contribution in [0.4, 0.5) is 0 Å². The third-order valence-electron chi connectivity index (χ3n) is 12.3. The van der Waals surface area contributed by atoms with Gasteiger partial charge in [0.1, 0.15) is 11.2 Å². The number of furan rings is 1. The predicted molar refractivity (Wildman–Crippen MR) is 240 cm³/mol. The highest BCUT2D eigenvalue weighted by molar-refractivity contribution is 6.26. The number of aromatic nitrogens is 2. The maximum absolute atomic E-state index is 6.44.